The van der Waals surface area contributed by atoms with Gasteiger partial charge in [-0.15, -0.1) is 0 Å². The molecule has 7 heteroatoms. The number of carbonyl (C=O) groups is 1. The minimum absolute atomic E-state index is 0.0260. The lowest BCUT2D eigenvalue weighted by molar-refractivity contribution is -0.127. The molecule has 1 aliphatic heterocycles. The van der Waals surface area contributed by atoms with Crippen molar-refractivity contribution in [2.24, 2.45) is 0 Å². The van der Waals surface area contributed by atoms with Crippen LogP contribution in [0.25, 0.3) is 10.9 Å². The minimum Gasteiger partial charge on any atom is -0.341 e. The number of aromatic nitrogens is 1. The summed E-state index contributed by atoms with van der Waals surface area (Å²) in [4.78, 5) is 17.8. The largest absolute Gasteiger partial charge is 0.341 e. The predicted molar refractivity (Wildman–Crippen MR) is 85.2 cm³/mol. The topological polar surface area (TPSA) is 67.3 Å². The number of hydrogen-bond acceptors (Lipinski definition) is 4. The number of para-hydroxylation sites is 1. The van der Waals surface area contributed by atoms with Crippen molar-refractivity contribution in [1.82, 2.24) is 9.88 Å². The van der Waals surface area contributed by atoms with Crippen LogP contribution in [0.3, 0.4) is 0 Å². The molecule has 1 aromatic carbocycles. The molecule has 1 aliphatic rings. The Balaban J connectivity index is 1.68. The first kappa shape index (κ1) is 15.2. The Morgan fingerprint density at radius 3 is 2.82 bits per heavy atom. The zero-order valence-corrected chi connectivity index (χ0v) is 13.3. The molecule has 116 valence electrons. The van der Waals surface area contributed by atoms with Crippen LogP contribution < -0.4 is 0 Å². The SMILES string of the molecule is O=C1CC(S(=O)(=O)Cl)CN1CCc1cnc2ccccc2c1. The summed E-state index contributed by atoms with van der Waals surface area (Å²) >= 11 is 0. The second kappa shape index (κ2) is 5.85. The summed E-state index contributed by atoms with van der Waals surface area (Å²) in [6.07, 6.45) is 2.40. The fourth-order valence-corrected chi connectivity index (χ4v) is 3.72. The Morgan fingerprint density at radius 1 is 1.32 bits per heavy atom. The van der Waals surface area contributed by atoms with Crippen molar-refractivity contribution in [3.63, 3.8) is 0 Å². The number of hydrogen-bond donors (Lipinski definition) is 0. The van der Waals surface area contributed by atoms with Crippen LogP contribution in [0.1, 0.15) is 12.0 Å². The van der Waals surface area contributed by atoms with Gasteiger partial charge in [0.15, 0.2) is 0 Å². The maximum atomic E-state index is 11.9. The van der Waals surface area contributed by atoms with Crippen LogP contribution in [0.4, 0.5) is 0 Å². The number of pyridine rings is 1. The van der Waals surface area contributed by atoms with E-state index in [0.29, 0.717) is 13.0 Å². The molecule has 0 aliphatic carbocycles. The molecular weight excluding hydrogens is 324 g/mol. The molecule has 1 atom stereocenters. The van der Waals surface area contributed by atoms with Crippen LogP contribution in [0, 0.1) is 0 Å². The number of amides is 1. The van der Waals surface area contributed by atoms with E-state index in [1.165, 1.54) is 0 Å². The van der Waals surface area contributed by atoms with Crippen molar-refractivity contribution in [2.45, 2.75) is 18.1 Å². The lowest BCUT2D eigenvalue weighted by Gasteiger charge is -2.16. The monoisotopic (exact) mass is 338 g/mol. The smallest absolute Gasteiger partial charge is 0.237 e. The molecule has 2 heterocycles. The fourth-order valence-electron chi connectivity index (χ4n) is 2.66. The van der Waals surface area contributed by atoms with Gasteiger partial charge in [-0.1, -0.05) is 18.2 Å². The second-order valence-corrected chi connectivity index (χ2v) is 8.34. The van der Waals surface area contributed by atoms with Crippen LogP contribution in [0.5, 0.6) is 0 Å². The summed E-state index contributed by atoms with van der Waals surface area (Å²) in [6, 6.07) is 9.86. The normalized spacial score (nSPS) is 19.0. The average Bonchev–Trinajstić information content (AvgIpc) is 2.86. The molecule has 22 heavy (non-hydrogen) atoms. The molecule has 0 bridgehead atoms. The Labute approximate surface area is 133 Å². The van der Waals surface area contributed by atoms with Crippen molar-refractivity contribution in [3.05, 3.63) is 42.1 Å². The van der Waals surface area contributed by atoms with Gasteiger partial charge in [-0.25, -0.2) is 8.42 Å². The van der Waals surface area contributed by atoms with Crippen molar-refractivity contribution < 1.29 is 13.2 Å². The lowest BCUT2D eigenvalue weighted by atomic mass is 10.1. The van der Waals surface area contributed by atoms with Crippen LogP contribution in [-0.4, -0.2) is 42.5 Å². The molecule has 0 radical (unpaired) electrons. The van der Waals surface area contributed by atoms with Gasteiger partial charge in [0.25, 0.3) is 0 Å². The molecule has 2 aromatic rings. The fraction of sp³-hybridized carbons (Fsp3) is 0.333. The van der Waals surface area contributed by atoms with E-state index in [1.807, 2.05) is 30.3 Å². The predicted octanol–water partition coefficient (Wildman–Crippen LogP) is 1.95. The Morgan fingerprint density at radius 2 is 2.09 bits per heavy atom. The van der Waals surface area contributed by atoms with Gasteiger partial charge in [0.05, 0.1) is 5.52 Å². The zero-order chi connectivity index (χ0) is 15.7. The van der Waals surface area contributed by atoms with Crippen LogP contribution in [0.15, 0.2) is 36.5 Å². The second-order valence-electron chi connectivity index (χ2n) is 5.43. The molecule has 1 saturated heterocycles. The third kappa shape index (κ3) is 3.23. The van der Waals surface area contributed by atoms with Gasteiger partial charge in [0.1, 0.15) is 5.25 Å². The number of likely N-dealkylation sites (tertiary alicyclic amines) is 1. The quantitative estimate of drug-likeness (QED) is 0.799. The van der Waals surface area contributed by atoms with E-state index in [4.69, 9.17) is 10.7 Å². The molecule has 3 rings (SSSR count). The number of fused-ring (bicyclic) bond motifs is 1. The maximum Gasteiger partial charge on any atom is 0.237 e. The lowest BCUT2D eigenvalue weighted by Crippen LogP contribution is -2.29. The number of rotatable bonds is 4. The summed E-state index contributed by atoms with van der Waals surface area (Å²) in [5.41, 5.74) is 1.94. The number of benzene rings is 1. The van der Waals surface area contributed by atoms with Gasteiger partial charge in [0, 0.05) is 41.8 Å². The Kier molecular flexibility index (Phi) is 4.06. The van der Waals surface area contributed by atoms with Gasteiger partial charge in [-0.3, -0.25) is 9.78 Å². The highest BCUT2D eigenvalue weighted by atomic mass is 35.7. The first-order valence-corrected chi connectivity index (χ1v) is 9.35. The van der Waals surface area contributed by atoms with E-state index in [9.17, 15) is 13.2 Å². The molecule has 0 N–H and O–H groups in total. The highest BCUT2D eigenvalue weighted by molar-refractivity contribution is 8.14. The van der Waals surface area contributed by atoms with E-state index >= 15 is 0 Å². The number of halogens is 1. The third-order valence-corrected chi connectivity index (χ3v) is 5.76. The molecule has 0 saturated carbocycles. The van der Waals surface area contributed by atoms with E-state index in [1.54, 1.807) is 11.1 Å². The maximum absolute atomic E-state index is 11.9. The standard InChI is InChI=1S/C15H15ClN2O3S/c16-22(20,21)13-8-15(19)18(10-13)6-5-11-7-12-3-1-2-4-14(12)17-9-11/h1-4,7,9,13H,5-6,8,10H2. The van der Waals surface area contributed by atoms with E-state index in [-0.39, 0.29) is 18.9 Å². The minimum atomic E-state index is -3.68. The molecular formula is C15H15ClN2O3S. The van der Waals surface area contributed by atoms with Gasteiger partial charge < -0.3 is 4.90 Å². The average molecular weight is 339 g/mol. The highest BCUT2D eigenvalue weighted by Crippen LogP contribution is 2.21. The summed E-state index contributed by atoms with van der Waals surface area (Å²) in [7, 11) is 1.65. The molecule has 1 aromatic heterocycles. The van der Waals surface area contributed by atoms with Crippen LogP contribution in [0.2, 0.25) is 0 Å². The van der Waals surface area contributed by atoms with Crippen molar-refractivity contribution in [2.75, 3.05) is 13.1 Å². The van der Waals surface area contributed by atoms with Crippen molar-refractivity contribution in [1.29, 1.82) is 0 Å². The summed E-state index contributed by atoms with van der Waals surface area (Å²) in [5, 5.41) is 0.255. The van der Waals surface area contributed by atoms with Crippen molar-refractivity contribution >= 4 is 36.5 Å². The van der Waals surface area contributed by atoms with E-state index in [2.05, 4.69) is 4.98 Å². The van der Waals surface area contributed by atoms with Gasteiger partial charge >= 0.3 is 0 Å². The summed E-state index contributed by atoms with van der Waals surface area (Å²) in [6.45, 7) is 0.646. The number of nitrogens with zero attached hydrogens (tertiary/aromatic N) is 2. The molecule has 1 unspecified atom stereocenters. The van der Waals surface area contributed by atoms with Gasteiger partial charge in [-0.2, -0.15) is 0 Å². The van der Waals surface area contributed by atoms with Crippen LogP contribution >= 0.6 is 10.7 Å². The molecule has 5 nitrogen and oxygen atoms in total. The van der Waals surface area contributed by atoms with Crippen molar-refractivity contribution in [3.8, 4) is 0 Å². The summed E-state index contributed by atoms with van der Waals surface area (Å²) in [5.74, 6) is -0.164. The molecule has 1 fully saturated rings. The molecule has 1 amide bonds. The van der Waals surface area contributed by atoms with Gasteiger partial charge in [0.2, 0.25) is 15.0 Å². The molecule has 0 spiro atoms. The Bertz CT molecular complexity index is 822. The summed E-state index contributed by atoms with van der Waals surface area (Å²) < 4.78 is 22.6. The zero-order valence-electron chi connectivity index (χ0n) is 11.8. The van der Waals surface area contributed by atoms with E-state index < -0.39 is 14.3 Å². The number of carbonyl (C=O) groups excluding carboxylic acids is 1. The third-order valence-electron chi connectivity index (χ3n) is 3.89. The first-order valence-electron chi connectivity index (χ1n) is 6.98. The van der Waals surface area contributed by atoms with Crippen LogP contribution in [-0.2, 0) is 20.3 Å². The van der Waals surface area contributed by atoms with E-state index in [0.717, 1.165) is 16.5 Å². The Hall–Kier alpha value is -1.66. The van der Waals surface area contributed by atoms with Gasteiger partial charge in [-0.05, 0) is 24.1 Å². The highest BCUT2D eigenvalue weighted by Gasteiger charge is 2.36. The first-order chi connectivity index (χ1) is 10.4.